The highest BCUT2D eigenvalue weighted by Gasteiger charge is 2.55. The molecule has 0 saturated carbocycles. The number of nitrogen functional groups attached to an aromatic ring is 1. The van der Waals surface area contributed by atoms with Crippen molar-refractivity contribution in [3.8, 4) is 11.5 Å². The van der Waals surface area contributed by atoms with E-state index in [-0.39, 0.29) is 46.3 Å². The van der Waals surface area contributed by atoms with Crippen LogP contribution >= 0.6 is 23.1 Å². The van der Waals surface area contributed by atoms with E-state index >= 15 is 0 Å². The quantitative estimate of drug-likeness (QED) is 0.0391. The second-order valence-electron chi connectivity index (χ2n) is 14.2. The maximum Gasteiger partial charge on any atom is 0.352 e. The molecule has 3 aliphatic heterocycles. The van der Waals surface area contributed by atoms with Crippen LogP contribution in [0.4, 0.5) is 5.13 Å². The molecule has 1 unspecified atom stereocenters. The van der Waals surface area contributed by atoms with Crippen LogP contribution in [0.5, 0.6) is 11.5 Å². The molecule has 5 heterocycles. The number of rotatable bonds is 14. The number of amides is 3. The zero-order valence-corrected chi connectivity index (χ0v) is 32.2. The number of fused-ring (bicyclic) bond motifs is 2. The van der Waals surface area contributed by atoms with Crippen molar-refractivity contribution in [2.75, 3.05) is 44.2 Å². The molecule has 2 saturated heterocycles. The summed E-state index contributed by atoms with van der Waals surface area (Å²) in [5.41, 5.74) is 3.49. The van der Waals surface area contributed by atoms with Crippen molar-refractivity contribution in [2.24, 2.45) is 5.16 Å². The Balaban J connectivity index is 1.16. The number of carbonyl (C=O) groups is 5. The average molecular weight is 814 g/mol. The molecule has 2 atom stereocenters. The number of pyridine rings is 1. The van der Waals surface area contributed by atoms with E-state index in [4.69, 9.17) is 10.6 Å². The average Bonchev–Trinajstić information content (AvgIpc) is 3.80. The number of anilines is 1. The Morgan fingerprint density at radius 1 is 1.12 bits per heavy atom. The number of phenols is 2. The molecule has 3 aromatic rings. The molecular formula is C35H41N8O11S2+. The van der Waals surface area contributed by atoms with Crippen LogP contribution in [-0.2, 0) is 30.6 Å². The Morgan fingerprint density at radius 3 is 2.45 bits per heavy atom. The van der Waals surface area contributed by atoms with Gasteiger partial charge in [0.2, 0.25) is 11.0 Å². The fourth-order valence-corrected chi connectivity index (χ4v) is 8.91. The van der Waals surface area contributed by atoms with Gasteiger partial charge in [-0.05, 0) is 26.8 Å². The van der Waals surface area contributed by atoms with Gasteiger partial charge in [0.1, 0.15) is 34.9 Å². The number of likely N-dealkylation sites (tertiary alicyclic amines) is 1. The van der Waals surface area contributed by atoms with Gasteiger partial charge in [0.25, 0.3) is 17.7 Å². The number of nitrogens with one attached hydrogen (secondary N) is 2. The molecule has 6 rings (SSSR count). The third-order valence-electron chi connectivity index (χ3n) is 10.1. The van der Waals surface area contributed by atoms with E-state index in [0.717, 1.165) is 35.1 Å². The first-order valence-electron chi connectivity index (χ1n) is 17.6. The maximum absolute atomic E-state index is 13.6. The molecular weight excluding hydrogens is 773 g/mol. The number of hydrogen-bond donors (Lipinski definition) is 7. The van der Waals surface area contributed by atoms with Gasteiger partial charge in [0, 0.05) is 48.4 Å². The summed E-state index contributed by atoms with van der Waals surface area (Å²) in [6.07, 6.45) is 3.13. The second-order valence-corrected chi connectivity index (χ2v) is 16.2. The summed E-state index contributed by atoms with van der Waals surface area (Å²) in [4.78, 5) is 88.3. The SMILES string of the molecule is CCn1cc(C(=O)NCC[N+]2(CC3=C(C(=O)O)N4C(=O)[C@@H](NC(=O)/C(=N\OC(C)(C)C(=O)O)c5csc(N)n5)C4SC3)CCCC2)c(=O)c2cc(O)c(O)cc21. The molecule has 2 fully saturated rings. The van der Waals surface area contributed by atoms with Crippen LogP contribution in [-0.4, -0.2) is 130 Å². The summed E-state index contributed by atoms with van der Waals surface area (Å²) in [6, 6.07) is 1.26. The number of β-lactam (4-membered cyclic amide) rings is 1. The lowest BCUT2D eigenvalue weighted by Gasteiger charge is -2.50. The van der Waals surface area contributed by atoms with Crippen molar-refractivity contribution < 1.29 is 53.7 Å². The minimum absolute atomic E-state index is 0.00731. The number of phenolic OH excluding ortho intramolecular Hbond substituents is 2. The van der Waals surface area contributed by atoms with Crippen molar-refractivity contribution in [1.29, 1.82) is 0 Å². The molecule has 3 amide bonds. The third kappa shape index (κ3) is 7.60. The fourth-order valence-electron chi connectivity index (χ4n) is 7.03. The number of carboxylic acids is 2. The lowest BCUT2D eigenvalue weighted by atomic mass is 10.0. The van der Waals surface area contributed by atoms with E-state index in [0.29, 0.717) is 41.8 Å². The highest BCUT2D eigenvalue weighted by atomic mass is 32.2. The first kappa shape index (κ1) is 40.0. The summed E-state index contributed by atoms with van der Waals surface area (Å²) in [6.45, 7) is 6.90. The van der Waals surface area contributed by atoms with Gasteiger partial charge in [-0.15, -0.1) is 23.1 Å². The summed E-state index contributed by atoms with van der Waals surface area (Å²) in [5.74, 6) is -5.46. The highest BCUT2D eigenvalue weighted by molar-refractivity contribution is 8.00. The Kier molecular flexibility index (Phi) is 11.0. The normalized spacial score (nSPS) is 19.4. The number of aromatic hydroxyl groups is 2. The molecule has 298 valence electrons. The number of carbonyl (C=O) groups excluding carboxylic acids is 3. The smallest absolute Gasteiger partial charge is 0.352 e. The number of nitrogens with zero attached hydrogens (tertiary/aromatic N) is 5. The minimum atomic E-state index is -1.80. The number of aromatic nitrogens is 2. The number of hydrogen-bond acceptors (Lipinski definition) is 14. The molecule has 1 aromatic carbocycles. The van der Waals surface area contributed by atoms with Crippen molar-refractivity contribution in [3.05, 3.63) is 56.5 Å². The van der Waals surface area contributed by atoms with Gasteiger partial charge in [-0.1, -0.05) is 5.16 Å². The number of quaternary nitrogens is 1. The van der Waals surface area contributed by atoms with Gasteiger partial charge < -0.3 is 50.7 Å². The van der Waals surface area contributed by atoms with Crippen LogP contribution in [0.25, 0.3) is 10.9 Å². The minimum Gasteiger partial charge on any atom is -0.504 e. The van der Waals surface area contributed by atoms with Crippen LogP contribution in [0, 0.1) is 0 Å². The van der Waals surface area contributed by atoms with Crippen LogP contribution in [0.2, 0.25) is 0 Å². The maximum atomic E-state index is 13.6. The van der Waals surface area contributed by atoms with Gasteiger partial charge in [-0.3, -0.25) is 24.1 Å². The summed E-state index contributed by atoms with van der Waals surface area (Å²) in [5, 5.41) is 49.8. The molecule has 0 spiro atoms. The van der Waals surface area contributed by atoms with E-state index in [1.807, 2.05) is 6.92 Å². The van der Waals surface area contributed by atoms with Crippen molar-refractivity contribution in [3.63, 3.8) is 0 Å². The van der Waals surface area contributed by atoms with Crippen LogP contribution < -0.4 is 21.8 Å². The van der Waals surface area contributed by atoms with Crippen molar-refractivity contribution >= 4 is 74.5 Å². The number of benzene rings is 1. The van der Waals surface area contributed by atoms with Gasteiger partial charge >= 0.3 is 11.9 Å². The van der Waals surface area contributed by atoms with E-state index in [1.54, 1.807) is 4.57 Å². The Labute approximate surface area is 327 Å². The standard InChI is InChI=1S/C35H40N8O11S2/c1-4-41-13-19(27(46)18-11-22(44)23(45)12-21(18)41)28(47)37-7-10-43(8-5-6-9-43)14-17-15-55-31-25(30(49)42(31)26(17)32(50)51)39-29(48)24(20-16-56-34(36)38-20)40-54-35(2,3)33(52)53/h11-13,16,25,31H,4-10,14-15H2,1-3H3,(H7-,36,37,38,39,40,44,45,46,47,48,50,51,52,53)/p+1/t25-,31?/m1/s1. The second kappa shape index (κ2) is 15.5. The molecule has 2 aromatic heterocycles. The summed E-state index contributed by atoms with van der Waals surface area (Å²) < 4.78 is 2.06. The predicted octanol–water partition coefficient (Wildman–Crippen LogP) is 0.834. The third-order valence-corrected chi connectivity index (χ3v) is 12.1. The molecule has 56 heavy (non-hydrogen) atoms. The van der Waals surface area contributed by atoms with Crippen molar-refractivity contribution in [1.82, 2.24) is 25.1 Å². The van der Waals surface area contributed by atoms with E-state index in [1.165, 1.54) is 43.3 Å². The molecule has 19 nitrogen and oxygen atoms in total. The number of oxime groups is 1. The first-order chi connectivity index (χ1) is 26.5. The molecule has 21 heteroatoms. The number of aryl methyl sites for hydroxylation is 1. The molecule has 0 bridgehead atoms. The molecule has 0 aliphatic carbocycles. The summed E-state index contributed by atoms with van der Waals surface area (Å²) >= 11 is 2.29. The first-order valence-corrected chi connectivity index (χ1v) is 19.5. The number of thiazole rings is 1. The van der Waals surface area contributed by atoms with Gasteiger partial charge in [0.15, 0.2) is 22.3 Å². The van der Waals surface area contributed by atoms with Gasteiger partial charge in [0.05, 0.1) is 37.1 Å². The van der Waals surface area contributed by atoms with Gasteiger partial charge in [-0.2, -0.15) is 0 Å². The Bertz CT molecular complexity index is 2260. The number of aliphatic carboxylic acids is 2. The number of nitrogens with two attached hydrogens (primary N) is 1. The lowest BCUT2D eigenvalue weighted by molar-refractivity contribution is -0.911. The zero-order chi connectivity index (χ0) is 40.7. The zero-order valence-electron chi connectivity index (χ0n) is 30.6. The van der Waals surface area contributed by atoms with E-state index in [2.05, 4.69) is 20.8 Å². The monoisotopic (exact) mass is 813 g/mol. The van der Waals surface area contributed by atoms with Crippen molar-refractivity contribution in [2.45, 2.75) is 57.2 Å². The van der Waals surface area contributed by atoms with Gasteiger partial charge in [-0.25, -0.2) is 14.6 Å². The van der Waals surface area contributed by atoms with E-state index in [9.17, 15) is 49.2 Å². The summed E-state index contributed by atoms with van der Waals surface area (Å²) in [7, 11) is 0. The Morgan fingerprint density at radius 2 is 1.82 bits per heavy atom. The highest BCUT2D eigenvalue weighted by Crippen LogP contribution is 2.41. The number of carboxylic acid groups (broad SMARTS) is 2. The predicted molar refractivity (Wildman–Crippen MR) is 204 cm³/mol. The lowest BCUT2D eigenvalue weighted by Crippen LogP contribution is -2.71. The fraction of sp³-hybridized carbons (Fsp3) is 0.429. The molecule has 0 radical (unpaired) electrons. The van der Waals surface area contributed by atoms with E-state index < -0.39 is 69.3 Å². The largest absolute Gasteiger partial charge is 0.504 e. The van der Waals surface area contributed by atoms with Crippen LogP contribution in [0.15, 0.2) is 44.9 Å². The molecule has 8 N–H and O–H groups in total. The Hall–Kier alpha value is -5.67. The van der Waals surface area contributed by atoms with Crippen LogP contribution in [0.1, 0.15) is 49.7 Å². The topological polar surface area (TPSA) is 276 Å². The van der Waals surface area contributed by atoms with Crippen LogP contribution in [0.3, 0.4) is 0 Å². The molecule has 3 aliphatic rings. The number of thioether (sulfide) groups is 1.